The first-order valence-corrected chi connectivity index (χ1v) is 6.45. The Morgan fingerprint density at radius 1 is 1.00 bits per heavy atom. The van der Waals surface area contributed by atoms with Crippen molar-refractivity contribution < 1.29 is 0 Å². The van der Waals surface area contributed by atoms with Crippen molar-refractivity contribution in [3.05, 3.63) is 0 Å². The fraction of sp³-hybridized carbons (Fsp3) is 1.00. The Bertz CT molecular complexity index is 153. The Hall–Kier alpha value is -0.0400. The molecule has 84 valence electrons. The zero-order valence-corrected chi connectivity index (χ0v) is 10.2. The van der Waals surface area contributed by atoms with Crippen LogP contribution in [0.15, 0.2) is 0 Å². The van der Waals surface area contributed by atoms with E-state index in [2.05, 4.69) is 20.8 Å². The molecule has 1 nitrogen and oxygen atoms in total. The van der Waals surface area contributed by atoms with Crippen LogP contribution in [-0.2, 0) is 0 Å². The van der Waals surface area contributed by atoms with E-state index < -0.39 is 0 Å². The zero-order valence-electron chi connectivity index (χ0n) is 10.2. The summed E-state index contributed by atoms with van der Waals surface area (Å²) in [6.07, 6.45) is 9.23. The van der Waals surface area contributed by atoms with E-state index in [1.165, 1.54) is 32.1 Å². The maximum Gasteiger partial charge on any atom is 0.0177 e. The van der Waals surface area contributed by atoms with Crippen molar-refractivity contribution in [1.29, 1.82) is 0 Å². The monoisotopic (exact) mass is 197 g/mol. The van der Waals surface area contributed by atoms with Gasteiger partial charge in [0.15, 0.2) is 0 Å². The SMILES string of the molecule is CCC1CCC(C(N)(CC)CC)CC1. The van der Waals surface area contributed by atoms with Crippen molar-refractivity contribution in [2.45, 2.75) is 71.3 Å². The van der Waals surface area contributed by atoms with Crippen LogP contribution in [0.3, 0.4) is 0 Å². The van der Waals surface area contributed by atoms with Crippen LogP contribution in [0.5, 0.6) is 0 Å². The summed E-state index contributed by atoms with van der Waals surface area (Å²) >= 11 is 0. The summed E-state index contributed by atoms with van der Waals surface area (Å²) in [6, 6.07) is 0. The Labute approximate surface area is 89.5 Å². The van der Waals surface area contributed by atoms with Crippen molar-refractivity contribution in [1.82, 2.24) is 0 Å². The minimum atomic E-state index is 0.138. The summed E-state index contributed by atoms with van der Waals surface area (Å²) in [5.74, 6) is 1.78. The summed E-state index contributed by atoms with van der Waals surface area (Å²) in [5, 5.41) is 0. The lowest BCUT2D eigenvalue weighted by Gasteiger charge is -2.40. The normalized spacial score (nSPS) is 29.1. The van der Waals surface area contributed by atoms with Crippen molar-refractivity contribution in [3.63, 3.8) is 0 Å². The molecule has 1 aliphatic carbocycles. The molecule has 1 rings (SSSR count). The molecule has 0 aromatic heterocycles. The molecule has 0 amide bonds. The van der Waals surface area contributed by atoms with Crippen LogP contribution < -0.4 is 5.73 Å². The molecule has 0 aromatic rings. The van der Waals surface area contributed by atoms with Crippen molar-refractivity contribution in [2.24, 2.45) is 17.6 Å². The van der Waals surface area contributed by atoms with Gasteiger partial charge in [-0.25, -0.2) is 0 Å². The Morgan fingerprint density at radius 3 is 1.86 bits per heavy atom. The highest BCUT2D eigenvalue weighted by Crippen LogP contribution is 2.38. The average Bonchev–Trinajstić information content (AvgIpc) is 2.28. The number of nitrogens with two attached hydrogens (primary N) is 1. The van der Waals surface area contributed by atoms with Gasteiger partial charge in [-0.1, -0.05) is 40.0 Å². The Balaban J connectivity index is 2.47. The van der Waals surface area contributed by atoms with Crippen LogP contribution >= 0.6 is 0 Å². The molecule has 0 radical (unpaired) electrons. The smallest absolute Gasteiger partial charge is 0.0177 e. The van der Waals surface area contributed by atoms with E-state index in [0.29, 0.717) is 0 Å². The molecule has 0 bridgehead atoms. The van der Waals surface area contributed by atoms with Crippen LogP contribution in [0.2, 0.25) is 0 Å². The van der Waals surface area contributed by atoms with Gasteiger partial charge in [-0.15, -0.1) is 0 Å². The predicted molar refractivity (Wildman–Crippen MR) is 63.2 cm³/mol. The van der Waals surface area contributed by atoms with Gasteiger partial charge in [0.25, 0.3) is 0 Å². The first kappa shape index (κ1) is 12.0. The molecule has 1 heteroatoms. The molecule has 1 fully saturated rings. The zero-order chi connectivity index (χ0) is 10.6. The lowest BCUT2D eigenvalue weighted by Crippen LogP contribution is -2.47. The van der Waals surface area contributed by atoms with E-state index in [9.17, 15) is 0 Å². The topological polar surface area (TPSA) is 26.0 Å². The molecule has 1 saturated carbocycles. The summed E-state index contributed by atoms with van der Waals surface area (Å²) in [4.78, 5) is 0. The maximum atomic E-state index is 6.46. The van der Waals surface area contributed by atoms with E-state index in [1.807, 2.05) is 0 Å². The van der Waals surface area contributed by atoms with Crippen molar-refractivity contribution >= 4 is 0 Å². The number of rotatable bonds is 4. The minimum absolute atomic E-state index is 0.138. The van der Waals surface area contributed by atoms with E-state index in [0.717, 1.165) is 24.7 Å². The van der Waals surface area contributed by atoms with E-state index in [4.69, 9.17) is 5.73 Å². The van der Waals surface area contributed by atoms with Crippen LogP contribution in [0.25, 0.3) is 0 Å². The van der Waals surface area contributed by atoms with Gasteiger partial charge in [0.1, 0.15) is 0 Å². The molecule has 0 aromatic carbocycles. The van der Waals surface area contributed by atoms with E-state index in [-0.39, 0.29) is 5.54 Å². The molecular formula is C13H27N. The molecule has 0 saturated heterocycles. The minimum Gasteiger partial charge on any atom is -0.325 e. The summed E-state index contributed by atoms with van der Waals surface area (Å²) < 4.78 is 0. The third-order valence-corrected chi connectivity index (χ3v) is 4.55. The Kier molecular flexibility index (Phi) is 4.43. The molecule has 2 N–H and O–H groups in total. The fourth-order valence-corrected chi connectivity index (χ4v) is 2.97. The molecule has 0 unspecified atom stereocenters. The third-order valence-electron chi connectivity index (χ3n) is 4.55. The van der Waals surface area contributed by atoms with Crippen LogP contribution in [0.1, 0.15) is 65.7 Å². The highest BCUT2D eigenvalue weighted by atomic mass is 14.8. The second-order valence-electron chi connectivity index (χ2n) is 5.07. The Morgan fingerprint density at radius 2 is 1.50 bits per heavy atom. The lowest BCUT2D eigenvalue weighted by atomic mass is 9.69. The standard InChI is InChI=1S/C13H27N/c1-4-11-7-9-12(10-8-11)13(14,5-2)6-3/h11-12H,4-10,14H2,1-3H3. The summed E-state index contributed by atoms with van der Waals surface area (Å²) in [6.45, 7) is 6.81. The second-order valence-corrected chi connectivity index (χ2v) is 5.07. The van der Waals surface area contributed by atoms with Gasteiger partial charge in [0.2, 0.25) is 0 Å². The highest BCUT2D eigenvalue weighted by molar-refractivity contribution is 4.91. The number of hydrogen-bond donors (Lipinski definition) is 1. The second kappa shape index (κ2) is 5.16. The first-order chi connectivity index (χ1) is 6.66. The average molecular weight is 197 g/mol. The molecule has 1 aliphatic rings. The van der Waals surface area contributed by atoms with Gasteiger partial charge >= 0.3 is 0 Å². The predicted octanol–water partition coefficient (Wildman–Crippen LogP) is 3.72. The van der Waals surface area contributed by atoms with Crippen molar-refractivity contribution in [3.8, 4) is 0 Å². The summed E-state index contributed by atoms with van der Waals surface area (Å²) in [5.41, 5.74) is 6.60. The lowest BCUT2D eigenvalue weighted by molar-refractivity contribution is 0.161. The molecular weight excluding hydrogens is 170 g/mol. The van der Waals surface area contributed by atoms with Crippen LogP contribution in [0.4, 0.5) is 0 Å². The molecule has 0 atom stereocenters. The van der Waals surface area contributed by atoms with Crippen LogP contribution in [0, 0.1) is 11.8 Å². The highest BCUT2D eigenvalue weighted by Gasteiger charge is 2.33. The van der Waals surface area contributed by atoms with E-state index in [1.54, 1.807) is 0 Å². The van der Waals surface area contributed by atoms with Crippen LogP contribution in [-0.4, -0.2) is 5.54 Å². The third kappa shape index (κ3) is 2.50. The van der Waals surface area contributed by atoms with Gasteiger partial charge in [0.05, 0.1) is 0 Å². The molecule has 0 aliphatic heterocycles. The molecule has 14 heavy (non-hydrogen) atoms. The molecule has 0 spiro atoms. The fourth-order valence-electron chi connectivity index (χ4n) is 2.97. The number of hydrogen-bond acceptors (Lipinski definition) is 1. The largest absolute Gasteiger partial charge is 0.325 e. The van der Waals surface area contributed by atoms with Gasteiger partial charge in [-0.2, -0.15) is 0 Å². The van der Waals surface area contributed by atoms with Crippen molar-refractivity contribution in [2.75, 3.05) is 0 Å². The molecule has 0 heterocycles. The van der Waals surface area contributed by atoms with E-state index >= 15 is 0 Å². The van der Waals surface area contributed by atoms with Gasteiger partial charge in [0, 0.05) is 5.54 Å². The van der Waals surface area contributed by atoms with Gasteiger partial charge in [-0.3, -0.25) is 0 Å². The van der Waals surface area contributed by atoms with Gasteiger partial charge in [-0.05, 0) is 37.5 Å². The quantitative estimate of drug-likeness (QED) is 0.730. The first-order valence-electron chi connectivity index (χ1n) is 6.45. The van der Waals surface area contributed by atoms with Gasteiger partial charge < -0.3 is 5.73 Å². The maximum absolute atomic E-state index is 6.46. The summed E-state index contributed by atoms with van der Waals surface area (Å²) in [7, 11) is 0.